The molecule has 1 heterocycles. The Morgan fingerprint density at radius 3 is 2.31 bits per heavy atom. The van der Waals surface area contributed by atoms with E-state index in [0.29, 0.717) is 17.7 Å². The molecule has 0 N–H and O–H groups in total. The van der Waals surface area contributed by atoms with Gasteiger partial charge in [0, 0.05) is 24.1 Å². The molecule has 0 spiro atoms. The number of amides is 1. The highest BCUT2D eigenvalue weighted by molar-refractivity contribution is 5.84. The van der Waals surface area contributed by atoms with Crippen LogP contribution in [0.25, 0.3) is 0 Å². The quantitative estimate of drug-likeness (QED) is 0.701. The first kappa shape index (κ1) is 11.7. The number of rotatable bonds is 2. The minimum Gasteiger partial charge on any atom is -0.316 e. The third-order valence-electron chi connectivity index (χ3n) is 4.44. The molecule has 2 atom stereocenters. The van der Waals surface area contributed by atoms with E-state index in [2.05, 4.69) is 13.5 Å². The summed E-state index contributed by atoms with van der Waals surface area (Å²) in [6.45, 7) is 9.15. The molecule has 2 fully saturated rings. The maximum absolute atomic E-state index is 12.1. The Balaban J connectivity index is 1.98. The van der Waals surface area contributed by atoms with Gasteiger partial charge >= 0.3 is 0 Å². The van der Waals surface area contributed by atoms with Crippen LogP contribution in [0.4, 0.5) is 0 Å². The first-order chi connectivity index (χ1) is 7.61. The van der Waals surface area contributed by atoms with Crippen molar-refractivity contribution in [3.8, 4) is 0 Å². The lowest BCUT2D eigenvalue weighted by molar-refractivity contribution is -0.130. The molecule has 1 amide bonds. The van der Waals surface area contributed by atoms with Crippen molar-refractivity contribution in [2.24, 2.45) is 17.8 Å². The van der Waals surface area contributed by atoms with Crippen LogP contribution in [0, 0.1) is 17.8 Å². The second-order valence-corrected chi connectivity index (χ2v) is 5.52. The van der Waals surface area contributed by atoms with Crippen molar-refractivity contribution in [1.82, 2.24) is 4.90 Å². The fourth-order valence-corrected chi connectivity index (χ4v) is 2.97. The van der Waals surface area contributed by atoms with Gasteiger partial charge in [-0.05, 0) is 18.8 Å². The van der Waals surface area contributed by atoms with Gasteiger partial charge in [-0.1, -0.05) is 39.7 Å². The number of likely N-dealkylation sites (tertiary alicyclic amines) is 1. The van der Waals surface area contributed by atoms with Gasteiger partial charge in [-0.2, -0.15) is 0 Å². The molecule has 2 heteroatoms. The van der Waals surface area contributed by atoms with Crippen LogP contribution in [0.3, 0.4) is 0 Å². The Kier molecular flexibility index (Phi) is 3.36. The zero-order chi connectivity index (χ0) is 11.7. The standard InChI is InChI=1S/C14H23NO/c1-10-11(2)14(16)15(12(10)3)9-13-7-5-4-6-8-13/h10-11,13H,3-9H2,1-2H3. The van der Waals surface area contributed by atoms with E-state index in [9.17, 15) is 4.79 Å². The minimum atomic E-state index is 0.135. The molecule has 16 heavy (non-hydrogen) atoms. The van der Waals surface area contributed by atoms with Crippen molar-refractivity contribution in [2.75, 3.05) is 6.54 Å². The van der Waals surface area contributed by atoms with Gasteiger partial charge in [0.1, 0.15) is 0 Å². The molecule has 1 saturated carbocycles. The van der Waals surface area contributed by atoms with Crippen molar-refractivity contribution < 1.29 is 4.79 Å². The van der Waals surface area contributed by atoms with E-state index in [0.717, 1.165) is 12.2 Å². The van der Waals surface area contributed by atoms with Crippen LogP contribution in [0.2, 0.25) is 0 Å². The average molecular weight is 221 g/mol. The summed E-state index contributed by atoms with van der Waals surface area (Å²) in [4.78, 5) is 14.0. The molecule has 0 aromatic rings. The van der Waals surface area contributed by atoms with Crippen LogP contribution < -0.4 is 0 Å². The number of hydrogen-bond donors (Lipinski definition) is 0. The van der Waals surface area contributed by atoms with E-state index in [1.54, 1.807) is 0 Å². The normalized spacial score (nSPS) is 32.5. The van der Waals surface area contributed by atoms with Crippen molar-refractivity contribution in [1.29, 1.82) is 0 Å². The zero-order valence-corrected chi connectivity index (χ0v) is 10.5. The van der Waals surface area contributed by atoms with Crippen LogP contribution >= 0.6 is 0 Å². The average Bonchev–Trinajstić information content (AvgIpc) is 2.48. The maximum Gasteiger partial charge on any atom is 0.230 e. The molecule has 2 nitrogen and oxygen atoms in total. The van der Waals surface area contributed by atoms with E-state index in [1.165, 1.54) is 32.1 Å². The minimum absolute atomic E-state index is 0.135. The Morgan fingerprint density at radius 1 is 1.19 bits per heavy atom. The van der Waals surface area contributed by atoms with Crippen molar-refractivity contribution in [3.05, 3.63) is 12.3 Å². The lowest BCUT2D eigenvalue weighted by Gasteiger charge is -2.27. The van der Waals surface area contributed by atoms with E-state index >= 15 is 0 Å². The van der Waals surface area contributed by atoms with Crippen molar-refractivity contribution in [2.45, 2.75) is 46.0 Å². The molecule has 1 aliphatic carbocycles. The van der Waals surface area contributed by atoms with Crippen molar-refractivity contribution >= 4 is 5.91 Å². The van der Waals surface area contributed by atoms with Crippen LogP contribution in [-0.2, 0) is 4.79 Å². The monoisotopic (exact) mass is 221 g/mol. The van der Waals surface area contributed by atoms with E-state index < -0.39 is 0 Å². The number of hydrogen-bond acceptors (Lipinski definition) is 1. The summed E-state index contributed by atoms with van der Waals surface area (Å²) in [7, 11) is 0. The Morgan fingerprint density at radius 2 is 1.81 bits per heavy atom. The summed E-state index contributed by atoms with van der Waals surface area (Å²) < 4.78 is 0. The fraction of sp³-hybridized carbons (Fsp3) is 0.786. The van der Waals surface area contributed by atoms with Crippen molar-refractivity contribution in [3.63, 3.8) is 0 Å². The molecule has 2 unspecified atom stereocenters. The summed E-state index contributed by atoms with van der Waals surface area (Å²) in [6.07, 6.45) is 6.63. The van der Waals surface area contributed by atoms with E-state index in [4.69, 9.17) is 0 Å². The van der Waals surface area contributed by atoms with Gasteiger partial charge in [-0.15, -0.1) is 0 Å². The molecular weight excluding hydrogens is 198 g/mol. The SMILES string of the molecule is C=C1C(C)C(C)C(=O)N1CC1CCCCC1. The summed E-state index contributed by atoms with van der Waals surface area (Å²) in [5.41, 5.74) is 1.04. The molecule has 2 rings (SSSR count). The Bertz CT molecular complexity index is 271. The summed E-state index contributed by atoms with van der Waals surface area (Å²) >= 11 is 0. The van der Waals surface area contributed by atoms with Crippen LogP contribution in [0.15, 0.2) is 12.3 Å². The highest BCUT2D eigenvalue weighted by atomic mass is 16.2. The molecule has 2 aliphatic rings. The van der Waals surface area contributed by atoms with Gasteiger partial charge in [0.05, 0.1) is 0 Å². The fourth-order valence-electron chi connectivity index (χ4n) is 2.97. The first-order valence-corrected chi connectivity index (χ1v) is 6.61. The highest BCUT2D eigenvalue weighted by Crippen LogP contribution is 2.35. The molecule has 1 aliphatic heterocycles. The molecule has 0 radical (unpaired) electrons. The molecule has 90 valence electrons. The Labute approximate surface area is 98.7 Å². The third kappa shape index (κ3) is 2.02. The van der Waals surface area contributed by atoms with Gasteiger partial charge in [0.15, 0.2) is 0 Å². The van der Waals surface area contributed by atoms with E-state index in [-0.39, 0.29) is 5.92 Å². The molecule has 1 saturated heterocycles. The predicted octanol–water partition coefficient (Wildman–Crippen LogP) is 3.19. The Hall–Kier alpha value is -0.790. The molecule has 0 aromatic carbocycles. The van der Waals surface area contributed by atoms with Gasteiger partial charge < -0.3 is 4.90 Å². The summed E-state index contributed by atoms with van der Waals surface area (Å²) in [5, 5.41) is 0. The number of allylic oxidation sites excluding steroid dienone is 1. The lowest BCUT2D eigenvalue weighted by Crippen LogP contribution is -2.31. The number of carbonyl (C=O) groups is 1. The maximum atomic E-state index is 12.1. The number of nitrogens with zero attached hydrogens (tertiary/aromatic N) is 1. The highest BCUT2D eigenvalue weighted by Gasteiger charge is 2.38. The van der Waals surface area contributed by atoms with Gasteiger partial charge in [-0.3, -0.25) is 4.79 Å². The molecular formula is C14H23NO. The lowest BCUT2D eigenvalue weighted by atomic mass is 9.89. The zero-order valence-electron chi connectivity index (χ0n) is 10.5. The summed E-state index contributed by atoms with van der Waals surface area (Å²) in [5.74, 6) is 1.47. The predicted molar refractivity (Wildman–Crippen MR) is 65.8 cm³/mol. The smallest absolute Gasteiger partial charge is 0.230 e. The van der Waals surface area contributed by atoms with Crippen LogP contribution in [-0.4, -0.2) is 17.4 Å². The number of carbonyl (C=O) groups excluding carboxylic acids is 1. The second-order valence-electron chi connectivity index (χ2n) is 5.52. The largest absolute Gasteiger partial charge is 0.316 e. The topological polar surface area (TPSA) is 20.3 Å². The first-order valence-electron chi connectivity index (χ1n) is 6.61. The second kappa shape index (κ2) is 4.60. The van der Waals surface area contributed by atoms with Crippen LogP contribution in [0.5, 0.6) is 0 Å². The molecule has 0 bridgehead atoms. The summed E-state index contributed by atoms with van der Waals surface area (Å²) in [6, 6.07) is 0. The van der Waals surface area contributed by atoms with Gasteiger partial charge in [0.2, 0.25) is 5.91 Å². The van der Waals surface area contributed by atoms with Gasteiger partial charge in [-0.25, -0.2) is 0 Å². The molecule has 0 aromatic heterocycles. The van der Waals surface area contributed by atoms with Crippen LogP contribution in [0.1, 0.15) is 46.0 Å². The van der Waals surface area contributed by atoms with Gasteiger partial charge in [0.25, 0.3) is 0 Å². The van der Waals surface area contributed by atoms with E-state index in [1.807, 2.05) is 11.8 Å². The third-order valence-corrected chi connectivity index (χ3v) is 4.44.